The molecule has 0 spiro atoms. The van der Waals surface area contributed by atoms with Crippen LogP contribution in [0.15, 0.2) is 36.5 Å². The first kappa shape index (κ1) is 14.7. The van der Waals surface area contributed by atoms with Gasteiger partial charge < -0.3 is 10.2 Å². The Morgan fingerprint density at radius 3 is 2.75 bits per heavy atom. The SMILES string of the molecule is CNCc1cn(CCN(C)CCc2ccccc2)nn1. The number of nitrogens with one attached hydrogen (secondary N) is 1. The molecule has 0 unspecified atom stereocenters. The van der Waals surface area contributed by atoms with Crippen molar-refractivity contribution in [2.75, 3.05) is 27.2 Å². The molecule has 0 bridgehead atoms. The van der Waals surface area contributed by atoms with Gasteiger partial charge >= 0.3 is 0 Å². The zero-order valence-corrected chi connectivity index (χ0v) is 12.3. The van der Waals surface area contributed by atoms with E-state index in [1.165, 1.54) is 5.56 Å². The smallest absolute Gasteiger partial charge is 0.0964 e. The topological polar surface area (TPSA) is 46.0 Å². The fraction of sp³-hybridized carbons (Fsp3) is 0.467. The van der Waals surface area contributed by atoms with Crippen molar-refractivity contribution in [1.29, 1.82) is 0 Å². The van der Waals surface area contributed by atoms with E-state index in [0.29, 0.717) is 0 Å². The van der Waals surface area contributed by atoms with E-state index in [-0.39, 0.29) is 0 Å². The zero-order chi connectivity index (χ0) is 14.2. The lowest BCUT2D eigenvalue weighted by atomic mass is 10.1. The summed E-state index contributed by atoms with van der Waals surface area (Å²) in [6, 6.07) is 10.6. The highest BCUT2D eigenvalue weighted by Gasteiger charge is 2.02. The van der Waals surface area contributed by atoms with Crippen LogP contribution in [-0.2, 0) is 19.5 Å². The van der Waals surface area contributed by atoms with Gasteiger partial charge in [0.2, 0.25) is 0 Å². The van der Waals surface area contributed by atoms with Crippen LogP contribution in [0.25, 0.3) is 0 Å². The average molecular weight is 273 g/mol. The molecule has 1 aromatic carbocycles. The summed E-state index contributed by atoms with van der Waals surface area (Å²) in [6.07, 6.45) is 3.08. The molecule has 0 saturated heterocycles. The molecule has 5 nitrogen and oxygen atoms in total. The van der Waals surface area contributed by atoms with Crippen LogP contribution in [-0.4, -0.2) is 47.1 Å². The second-order valence-electron chi connectivity index (χ2n) is 5.04. The van der Waals surface area contributed by atoms with Gasteiger partial charge in [-0.2, -0.15) is 0 Å². The van der Waals surface area contributed by atoms with Crippen LogP contribution in [0.4, 0.5) is 0 Å². The van der Waals surface area contributed by atoms with Gasteiger partial charge in [-0.05, 0) is 26.1 Å². The summed E-state index contributed by atoms with van der Waals surface area (Å²) in [6.45, 7) is 3.68. The Kier molecular flexibility index (Phi) is 5.70. The number of hydrogen-bond acceptors (Lipinski definition) is 4. The monoisotopic (exact) mass is 273 g/mol. The Balaban J connectivity index is 1.70. The van der Waals surface area contributed by atoms with Crippen molar-refractivity contribution in [3.05, 3.63) is 47.8 Å². The molecule has 0 amide bonds. The fourth-order valence-electron chi connectivity index (χ4n) is 2.06. The highest BCUT2D eigenvalue weighted by atomic mass is 15.4. The highest BCUT2D eigenvalue weighted by molar-refractivity contribution is 5.14. The van der Waals surface area contributed by atoms with Crippen LogP contribution in [0, 0.1) is 0 Å². The van der Waals surface area contributed by atoms with E-state index in [4.69, 9.17) is 0 Å². The molecule has 0 atom stereocenters. The minimum Gasteiger partial charge on any atom is -0.314 e. The maximum Gasteiger partial charge on any atom is 0.0964 e. The second kappa shape index (κ2) is 7.77. The lowest BCUT2D eigenvalue weighted by molar-refractivity contribution is 0.314. The first-order valence-electron chi connectivity index (χ1n) is 7.04. The van der Waals surface area contributed by atoms with E-state index >= 15 is 0 Å². The van der Waals surface area contributed by atoms with Crippen LogP contribution in [0.2, 0.25) is 0 Å². The molecular weight excluding hydrogens is 250 g/mol. The zero-order valence-electron chi connectivity index (χ0n) is 12.3. The van der Waals surface area contributed by atoms with Crippen molar-refractivity contribution in [2.24, 2.45) is 0 Å². The minimum absolute atomic E-state index is 0.768. The Morgan fingerprint density at radius 1 is 1.20 bits per heavy atom. The third-order valence-corrected chi connectivity index (χ3v) is 3.28. The van der Waals surface area contributed by atoms with Gasteiger partial charge in [-0.25, -0.2) is 0 Å². The predicted octanol–water partition coefficient (Wildman–Crippen LogP) is 1.17. The maximum atomic E-state index is 4.13. The molecule has 1 N–H and O–H groups in total. The summed E-state index contributed by atoms with van der Waals surface area (Å²) in [5, 5.41) is 11.3. The Morgan fingerprint density at radius 2 is 2.00 bits per heavy atom. The van der Waals surface area contributed by atoms with E-state index < -0.39 is 0 Å². The number of aromatic nitrogens is 3. The molecule has 1 heterocycles. The molecule has 2 rings (SSSR count). The van der Waals surface area contributed by atoms with Crippen molar-refractivity contribution < 1.29 is 0 Å². The molecule has 0 radical (unpaired) electrons. The van der Waals surface area contributed by atoms with Gasteiger partial charge in [0.1, 0.15) is 0 Å². The molecule has 2 aromatic rings. The molecule has 5 heteroatoms. The van der Waals surface area contributed by atoms with E-state index in [9.17, 15) is 0 Å². The standard InChI is InChI=1S/C15H23N5/c1-16-12-15-13-20(18-17-15)11-10-19(2)9-8-14-6-4-3-5-7-14/h3-7,13,16H,8-12H2,1-2H3. The Bertz CT molecular complexity index is 494. The maximum absolute atomic E-state index is 4.13. The van der Waals surface area contributed by atoms with Crippen molar-refractivity contribution in [3.63, 3.8) is 0 Å². The number of nitrogens with zero attached hydrogens (tertiary/aromatic N) is 4. The highest BCUT2D eigenvalue weighted by Crippen LogP contribution is 2.01. The van der Waals surface area contributed by atoms with E-state index in [1.54, 1.807) is 0 Å². The normalized spacial score (nSPS) is 11.2. The summed E-state index contributed by atoms with van der Waals surface area (Å²) >= 11 is 0. The van der Waals surface area contributed by atoms with Gasteiger partial charge in [0, 0.05) is 25.8 Å². The third-order valence-electron chi connectivity index (χ3n) is 3.28. The van der Waals surface area contributed by atoms with Gasteiger partial charge in [0.15, 0.2) is 0 Å². The number of hydrogen-bond donors (Lipinski definition) is 1. The summed E-state index contributed by atoms with van der Waals surface area (Å²) in [7, 11) is 4.06. The van der Waals surface area contributed by atoms with Gasteiger partial charge in [-0.3, -0.25) is 4.68 Å². The largest absolute Gasteiger partial charge is 0.314 e. The van der Waals surface area contributed by atoms with Crippen LogP contribution < -0.4 is 5.32 Å². The lowest BCUT2D eigenvalue weighted by Gasteiger charge is -2.16. The van der Waals surface area contributed by atoms with Crippen molar-refractivity contribution in [3.8, 4) is 0 Å². The van der Waals surface area contributed by atoms with Crippen LogP contribution in [0.1, 0.15) is 11.3 Å². The Hall–Kier alpha value is -1.72. The summed E-state index contributed by atoms with van der Waals surface area (Å²) in [5.74, 6) is 0. The molecule has 0 aliphatic carbocycles. The van der Waals surface area contributed by atoms with Crippen LogP contribution in [0.5, 0.6) is 0 Å². The molecule has 0 fully saturated rings. The van der Waals surface area contributed by atoms with Gasteiger partial charge in [0.25, 0.3) is 0 Å². The van der Waals surface area contributed by atoms with Crippen molar-refractivity contribution in [2.45, 2.75) is 19.5 Å². The molecule has 1 aromatic heterocycles. The molecule has 0 saturated carbocycles. The molecule has 0 aliphatic heterocycles. The minimum atomic E-state index is 0.768. The summed E-state index contributed by atoms with van der Waals surface area (Å²) in [4.78, 5) is 2.33. The first-order chi connectivity index (χ1) is 9.78. The molecule has 0 aliphatic rings. The molecule has 20 heavy (non-hydrogen) atoms. The fourth-order valence-corrected chi connectivity index (χ4v) is 2.06. The molecule has 108 valence electrons. The summed E-state index contributed by atoms with van der Waals surface area (Å²) in [5.41, 5.74) is 2.37. The quantitative estimate of drug-likeness (QED) is 0.784. The van der Waals surface area contributed by atoms with E-state index in [0.717, 1.165) is 38.3 Å². The second-order valence-corrected chi connectivity index (χ2v) is 5.04. The average Bonchev–Trinajstić information content (AvgIpc) is 2.92. The van der Waals surface area contributed by atoms with Gasteiger partial charge in [-0.1, -0.05) is 35.5 Å². The van der Waals surface area contributed by atoms with E-state index in [1.807, 2.05) is 17.9 Å². The first-order valence-corrected chi connectivity index (χ1v) is 7.04. The third kappa shape index (κ3) is 4.75. The lowest BCUT2D eigenvalue weighted by Crippen LogP contribution is -2.25. The van der Waals surface area contributed by atoms with Crippen LogP contribution in [0.3, 0.4) is 0 Å². The number of rotatable bonds is 8. The van der Waals surface area contributed by atoms with E-state index in [2.05, 4.69) is 57.9 Å². The van der Waals surface area contributed by atoms with Crippen molar-refractivity contribution in [1.82, 2.24) is 25.2 Å². The predicted molar refractivity (Wildman–Crippen MR) is 80.4 cm³/mol. The summed E-state index contributed by atoms with van der Waals surface area (Å²) < 4.78 is 1.91. The van der Waals surface area contributed by atoms with Crippen molar-refractivity contribution >= 4 is 0 Å². The number of benzene rings is 1. The Labute approximate surface area is 120 Å². The van der Waals surface area contributed by atoms with Crippen LogP contribution >= 0.6 is 0 Å². The van der Waals surface area contributed by atoms with Gasteiger partial charge in [-0.15, -0.1) is 5.10 Å². The molecular formula is C15H23N5. The van der Waals surface area contributed by atoms with Gasteiger partial charge in [0.05, 0.1) is 12.2 Å². The number of likely N-dealkylation sites (N-methyl/N-ethyl adjacent to an activating group) is 1.